The highest BCUT2D eigenvalue weighted by Gasteiger charge is 2.53. The predicted octanol–water partition coefficient (Wildman–Crippen LogP) is 1.90. The molecule has 2 fully saturated rings. The van der Waals surface area contributed by atoms with Gasteiger partial charge in [0.25, 0.3) is 0 Å². The van der Waals surface area contributed by atoms with Gasteiger partial charge in [0.2, 0.25) is 5.91 Å². The third kappa shape index (κ3) is 2.62. The van der Waals surface area contributed by atoms with Crippen LogP contribution in [0.1, 0.15) is 12.8 Å². The first-order valence-electron chi connectivity index (χ1n) is 6.46. The van der Waals surface area contributed by atoms with Crippen LogP contribution in [-0.4, -0.2) is 40.4 Å². The number of rotatable bonds is 4. The number of aliphatic hydroxyl groups is 1. The second-order valence-corrected chi connectivity index (χ2v) is 6.36. The maximum atomic E-state index is 13.4. The van der Waals surface area contributed by atoms with Crippen LogP contribution in [0.2, 0.25) is 0 Å². The summed E-state index contributed by atoms with van der Waals surface area (Å²) in [6, 6.07) is 6.45. The van der Waals surface area contributed by atoms with Gasteiger partial charge in [0.05, 0.1) is 18.8 Å². The number of β-amino-alcohol motifs (C(OH)–C–C–N with tert-alkyl or cyclic N) is 1. The summed E-state index contributed by atoms with van der Waals surface area (Å²) in [5.74, 6) is 0.287. The van der Waals surface area contributed by atoms with Crippen molar-refractivity contribution in [3.05, 3.63) is 30.1 Å². The Kier molecular flexibility index (Phi) is 3.27. The van der Waals surface area contributed by atoms with Gasteiger partial charge in [0.1, 0.15) is 11.4 Å². The van der Waals surface area contributed by atoms with Crippen LogP contribution in [0.3, 0.4) is 0 Å². The Labute approximate surface area is 115 Å². The number of carbonyl (C=O) groups is 1. The van der Waals surface area contributed by atoms with E-state index in [1.165, 1.54) is 17.8 Å². The first-order valence-corrected chi connectivity index (χ1v) is 7.44. The highest BCUT2D eigenvalue weighted by atomic mass is 32.2. The van der Waals surface area contributed by atoms with Crippen molar-refractivity contribution in [2.24, 2.45) is 5.92 Å². The Morgan fingerprint density at radius 3 is 2.74 bits per heavy atom. The smallest absolute Gasteiger partial charge is 0.233 e. The number of halogens is 1. The Balaban J connectivity index is 1.49. The molecule has 1 aromatic rings. The number of hydrogen-bond donors (Lipinski definition) is 1. The van der Waals surface area contributed by atoms with E-state index in [9.17, 15) is 14.3 Å². The molecule has 1 aliphatic carbocycles. The first-order chi connectivity index (χ1) is 9.08. The lowest BCUT2D eigenvalue weighted by molar-refractivity contribution is -0.156. The normalized spacial score (nSPS) is 21.1. The third-order valence-corrected chi connectivity index (χ3v) is 4.84. The van der Waals surface area contributed by atoms with E-state index in [0.29, 0.717) is 23.9 Å². The van der Waals surface area contributed by atoms with Crippen LogP contribution in [0.5, 0.6) is 0 Å². The molecule has 1 saturated heterocycles. The summed E-state index contributed by atoms with van der Waals surface area (Å²) < 4.78 is 13.4. The first kappa shape index (κ1) is 12.9. The number of carbonyl (C=O) groups excluding carboxylic acids is 1. The Hall–Kier alpha value is -1.07. The molecule has 2 aliphatic rings. The topological polar surface area (TPSA) is 40.5 Å². The molecule has 1 amide bonds. The van der Waals surface area contributed by atoms with Crippen molar-refractivity contribution in [1.82, 2.24) is 4.90 Å². The summed E-state index contributed by atoms with van der Waals surface area (Å²) in [5, 5.41) is 10.1. The van der Waals surface area contributed by atoms with Crippen molar-refractivity contribution < 1.29 is 14.3 Å². The fraction of sp³-hybridized carbons (Fsp3) is 0.500. The highest BCUT2D eigenvalue weighted by Crippen LogP contribution is 2.44. The van der Waals surface area contributed by atoms with Gasteiger partial charge in [-0.1, -0.05) is 12.1 Å². The number of hydrogen-bond acceptors (Lipinski definition) is 3. The molecule has 3 nitrogen and oxygen atoms in total. The van der Waals surface area contributed by atoms with Crippen molar-refractivity contribution in [3.63, 3.8) is 0 Å². The van der Waals surface area contributed by atoms with E-state index in [2.05, 4.69) is 0 Å². The lowest BCUT2D eigenvalue weighted by Gasteiger charge is -2.47. The van der Waals surface area contributed by atoms with E-state index in [1.54, 1.807) is 23.1 Å². The van der Waals surface area contributed by atoms with E-state index in [0.717, 1.165) is 12.8 Å². The van der Waals surface area contributed by atoms with Crippen molar-refractivity contribution in [2.45, 2.75) is 23.3 Å². The van der Waals surface area contributed by atoms with Gasteiger partial charge >= 0.3 is 0 Å². The van der Waals surface area contributed by atoms with Crippen molar-refractivity contribution >= 4 is 17.7 Å². The zero-order valence-electron chi connectivity index (χ0n) is 10.5. The minimum atomic E-state index is -0.641. The zero-order chi connectivity index (χ0) is 13.5. The molecule has 1 N–H and O–H groups in total. The molecule has 1 aliphatic heterocycles. The van der Waals surface area contributed by atoms with E-state index in [-0.39, 0.29) is 17.5 Å². The monoisotopic (exact) mass is 281 g/mol. The van der Waals surface area contributed by atoms with E-state index >= 15 is 0 Å². The summed E-state index contributed by atoms with van der Waals surface area (Å²) in [6.07, 6.45) is 2.14. The molecule has 1 saturated carbocycles. The van der Waals surface area contributed by atoms with Crippen LogP contribution in [0.15, 0.2) is 29.2 Å². The predicted molar refractivity (Wildman–Crippen MR) is 71.4 cm³/mol. The minimum Gasteiger partial charge on any atom is -0.386 e. The zero-order valence-corrected chi connectivity index (χ0v) is 11.3. The molecular formula is C14H16FNO2S. The van der Waals surface area contributed by atoms with Crippen molar-refractivity contribution in [3.8, 4) is 0 Å². The van der Waals surface area contributed by atoms with Gasteiger partial charge in [0, 0.05) is 4.90 Å². The number of benzene rings is 1. The standard InChI is InChI=1S/C14H16FNO2S/c15-11-3-1-2-4-12(11)19-7-13(17)16-8-14(18,9-16)10-5-6-10/h1-4,10,18H,5-9H2. The number of likely N-dealkylation sites (tertiary alicyclic amines) is 1. The Morgan fingerprint density at radius 2 is 2.11 bits per heavy atom. The van der Waals surface area contributed by atoms with E-state index in [1.807, 2.05) is 0 Å². The lowest BCUT2D eigenvalue weighted by atomic mass is 9.89. The quantitative estimate of drug-likeness (QED) is 0.857. The van der Waals surface area contributed by atoms with Gasteiger partial charge in [0.15, 0.2) is 0 Å². The third-order valence-electron chi connectivity index (χ3n) is 3.81. The fourth-order valence-electron chi connectivity index (χ4n) is 2.46. The highest BCUT2D eigenvalue weighted by molar-refractivity contribution is 8.00. The molecule has 5 heteroatoms. The van der Waals surface area contributed by atoms with Crippen LogP contribution in [-0.2, 0) is 4.79 Å². The van der Waals surface area contributed by atoms with Crippen LogP contribution < -0.4 is 0 Å². The molecule has 1 heterocycles. The molecule has 0 radical (unpaired) electrons. The van der Waals surface area contributed by atoms with E-state index in [4.69, 9.17) is 0 Å². The molecular weight excluding hydrogens is 265 g/mol. The summed E-state index contributed by atoms with van der Waals surface area (Å²) in [4.78, 5) is 14.1. The van der Waals surface area contributed by atoms with Gasteiger partial charge in [-0.25, -0.2) is 4.39 Å². The second kappa shape index (κ2) is 4.80. The molecule has 0 spiro atoms. The lowest BCUT2D eigenvalue weighted by Crippen LogP contribution is -2.65. The number of amides is 1. The van der Waals surface area contributed by atoms with Gasteiger partial charge < -0.3 is 10.0 Å². The van der Waals surface area contributed by atoms with Gasteiger partial charge in [-0.3, -0.25) is 4.79 Å². The van der Waals surface area contributed by atoms with Gasteiger partial charge in [-0.15, -0.1) is 11.8 Å². The molecule has 19 heavy (non-hydrogen) atoms. The number of thioether (sulfide) groups is 1. The van der Waals surface area contributed by atoms with Gasteiger partial charge in [-0.05, 0) is 30.9 Å². The molecule has 0 atom stereocenters. The Bertz CT molecular complexity index is 498. The summed E-state index contributed by atoms with van der Waals surface area (Å²) in [6.45, 7) is 0.878. The molecule has 3 rings (SSSR count). The molecule has 0 bridgehead atoms. The second-order valence-electron chi connectivity index (χ2n) is 5.35. The molecule has 0 unspecified atom stereocenters. The van der Waals surface area contributed by atoms with E-state index < -0.39 is 5.60 Å². The average Bonchev–Trinajstić information content (AvgIpc) is 3.18. The number of nitrogens with zero attached hydrogens (tertiary/aromatic N) is 1. The molecule has 0 aromatic heterocycles. The van der Waals surface area contributed by atoms with Crippen LogP contribution >= 0.6 is 11.8 Å². The van der Waals surface area contributed by atoms with Crippen molar-refractivity contribution in [1.29, 1.82) is 0 Å². The fourth-order valence-corrected chi connectivity index (χ4v) is 3.30. The summed E-state index contributed by atoms with van der Waals surface area (Å²) >= 11 is 1.21. The van der Waals surface area contributed by atoms with Crippen LogP contribution in [0.4, 0.5) is 4.39 Å². The van der Waals surface area contributed by atoms with Crippen LogP contribution in [0.25, 0.3) is 0 Å². The maximum Gasteiger partial charge on any atom is 0.233 e. The summed E-state index contributed by atoms with van der Waals surface area (Å²) in [7, 11) is 0. The SMILES string of the molecule is O=C(CSc1ccccc1F)N1CC(O)(C2CC2)C1. The summed E-state index contributed by atoms with van der Waals surface area (Å²) in [5.41, 5.74) is -0.641. The minimum absolute atomic E-state index is 0.0291. The van der Waals surface area contributed by atoms with Crippen LogP contribution in [0, 0.1) is 11.7 Å². The Morgan fingerprint density at radius 1 is 1.42 bits per heavy atom. The van der Waals surface area contributed by atoms with Crippen molar-refractivity contribution in [2.75, 3.05) is 18.8 Å². The average molecular weight is 281 g/mol. The molecule has 1 aromatic carbocycles. The molecule has 102 valence electrons. The largest absolute Gasteiger partial charge is 0.386 e. The van der Waals surface area contributed by atoms with Gasteiger partial charge in [-0.2, -0.15) is 0 Å². The maximum absolute atomic E-state index is 13.4.